The molecular formula is C16H24N2O2S. The molecule has 2 N–H and O–H groups in total. The quantitative estimate of drug-likeness (QED) is 0.812. The highest BCUT2D eigenvalue weighted by molar-refractivity contribution is 7.89. The van der Waals surface area contributed by atoms with E-state index in [1.807, 2.05) is 26.1 Å². The van der Waals surface area contributed by atoms with Crippen molar-refractivity contribution in [3.8, 4) is 0 Å². The van der Waals surface area contributed by atoms with Gasteiger partial charge in [0.25, 0.3) is 0 Å². The summed E-state index contributed by atoms with van der Waals surface area (Å²) in [5, 5.41) is 3.06. The highest BCUT2D eigenvalue weighted by Gasteiger charge is 2.43. The summed E-state index contributed by atoms with van der Waals surface area (Å²) in [7, 11) is -1.56. The number of rotatable bonds is 7. The van der Waals surface area contributed by atoms with Crippen molar-refractivity contribution in [2.24, 2.45) is 11.8 Å². The van der Waals surface area contributed by atoms with E-state index in [2.05, 4.69) is 10.0 Å². The molecule has 0 spiro atoms. The second-order valence-electron chi connectivity index (χ2n) is 6.45. The van der Waals surface area contributed by atoms with Crippen molar-refractivity contribution in [1.82, 2.24) is 10.0 Å². The predicted octanol–water partition coefficient (Wildman–Crippen LogP) is 2.18. The third-order valence-corrected chi connectivity index (χ3v) is 6.08. The zero-order valence-electron chi connectivity index (χ0n) is 12.7. The van der Waals surface area contributed by atoms with Crippen LogP contribution in [0.1, 0.15) is 36.8 Å². The van der Waals surface area contributed by atoms with Gasteiger partial charge in [0.1, 0.15) is 0 Å². The van der Waals surface area contributed by atoms with Crippen LogP contribution in [0, 0.1) is 18.8 Å². The van der Waals surface area contributed by atoms with Gasteiger partial charge >= 0.3 is 0 Å². The lowest BCUT2D eigenvalue weighted by molar-refractivity contribution is 0.471. The first kappa shape index (κ1) is 15.0. The maximum absolute atomic E-state index is 12.8. The first-order valence-electron chi connectivity index (χ1n) is 7.78. The molecule has 0 radical (unpaired) electrons. The van der Waals surface area contributed by atoms with Crippen LogP contribution in [0.25, 0.3) is 0 Å². The summed E-state index contributed by atoms with van der Waals surface area (Å²) in [6.07, 6.45) is 4.68. The van der Waals surface area contributed by atoms with E-state index in [1.54, 1.807) is 6.07 Å². The standard InChI is InChI=1S/C16H24N2O2S/c1-11-3-4-12(10-17-2)9-15(11)21(19,20)18-16(13-5-6-13)14-7-8-14/h3-4,9,13-14,16-18H,5-8,10H2,1-2H3. The number of nitrogens with one attached hydrogen (secondary N) is 2. The predicted molar refractivity (Wildman–Crippen MR) is 83.5 cm³/mol. The maximum atomic E-state index is 12.8. The van der Waals surface area contributed by atoms with Crippen LogP contribution in [0.4, 0.5) is 0 Å². The molecule has 2 fully saturated rings. The average molecular weight is 308 g/mol. The molecule has 0 aliphatic heterocycles. The highest BCUT2D eigenvalue weighted by Crippen LogP contribution is 2.45. The van der Waals surface area contributed by atoms with Crippen LogP contribution < -0.4 is 10.0 Å². The minimum atomic E-state index is -3.42. The first-order valence-corrected chi connectivity index (χ1v) is 9.26. The maximum Gasteiger partial charge on any atom is 0.241 e. The summed E-state index contributed by atoms with van der Waals surface area (Å²) in [6, 6.07) is 5.82. The van der Waals surface area contributed by atoms with E-state index < -0.39 is 10.0 Å². The molecule has 3 rings (SSSR count). The summed E-state index contributed by atoms with van der Waals surface area (Å²) in [5.74, 6) is 1.13. The van der Waals surface area contributed by atoms with Crippen LogP contribution >= 0.6 is 0 Å². The van der Waals surface area contributed by atoms with E-state index in [0.29, 0.717) is 23.3 Å². The van der Waals surface area contributed by atoms with Gasteiger partial charge in [-0.2, -0.15) is 0 Å². The van der Waals surface area contributed by atoms with E-state index in [1.165, 1.54) is 25.7 Å². The molecule has 0 bridgehead atoms. The largest absolute Gasteiger partial charge is 0.316 e. The lowest BCUT2D eigenvalue weighted by Gasteiger charge is -2.19. The van der Waals surface area contributed by atoms with Crippen LogP contribution in [-0.2, 0) is 16.6 Å². The topological polar surface area (TPSA) is 58.2 Å². The van der Waals surface area contributed by atoms with E-state index in [0.717, 1.165) is 11.1 Å². The molecule has 0 unspecified atom stereocenters. The van der Waals surface area contributed by atoms with E-state index in [9.17, 15) is 8.42 Å². The lowest BCUT2D eigenvalue weighted by atomic mass is 10.1. The molecular weight excluding hydrogens is 284 g/mol. The summed E-state index contributed by atoms with van der Waals surface area (Å²) in [4.78, 5) is 0.432. The Hall–Kier alpha value is -0.910. The summed E-state index contributed by atoms with van der Waals surface area (Å²) >= 11 is 0. The van der Waals surface area contributed by atoms with Crippen LogP contribution in [0.2, 0.25) is 0 Å². The van der Waals surface area contributed by atoms with Gasteiger partial charge in [-0.15, -0.1) is 0 Å². The number of hydrogen-bond acceptors (Lipinski definition) is 3. The summed E-state index contributed by atoms with van der Waals surface area (Å²) in [6.45, 7) is 2.54. The second-order valence-corrected chi connectivity index (χ2v) is 8.13. The molecule has 2 saturated carbocycles. The smallest absolute Gasteiger partial charge is 0.241 e. The Labute approximate surface area is 127 Å². The van der Waals surface area contributed by atoms with Crippen molar-refractivity contribution in [3.63, 3.8) is 0 Å². The Morgan fingerprint density at radius 3 is 2.33 bits per heavy atom. The third kappa shape index (κ3) is 3.47. The van der Waals surface area contributed by atoms with Gasteiger partial charge in [0.05, 0.1) is 4.90 Å². The zero-order chi connectivity index (χ0) is 15.0. The van der Waals surface area contributed by atoms with Gasteiger partial charge in [0, 0.05) is 12.6 Å². The SMILES string of the molecule is CNCc1ccc(C)c(S(=O)(=O)NC(C2CC2)C2CC2)c1. The lowest BCUT2D eigenvalue weighted by Crippen LogP contribution is -2.38. The van der Waals surface area contributed by atoms with Crippen LogP contribution in [0.3, 0.4) is 0 Å². The van der Waals surface area contributed by atoms with E-state index >= 15 is 0 Å². The van der Waals surface area contributed by atoms with Gasteiger partial charge < -0.3 is 5.32 Å². The van der Waals surface area contributed by atoms with Crippen molar-refractivity contribution in [3.05, 3.63) is 29.3 Å². The van der Waals surface area contributed by atoms with Crippen molar-refractivity contribution >= 4 is 10.0 Å². The molecule has 1 aromatic carbocycles. The molecule has 5 heteroatoms. The van der Waals surface area contributed by atoms with Crippen molar-refractivity contribution < 1.29 is 8.42 Å². The zero-order valence-corrected chi connectivity index (χ0v) is 13.5. The van der Waals surface area contributed by atoms with Gasteiger partial charge in [-0.05, 0) is 68.7 Å². The molecule has 1 aromatic rings. The van der Waals surface area contributed by atoms with Gasteiger partial charge in [0.2, 0.25) is 10.0 Å². The third-order valence-electron chi connectivity index (χ3n) is 4.47. The monoisotopic (exact) mass is 308 g/mol. The molecule has 21 heavy (non-hydrogen) atoms. The van der Waals surface area contributed by atoms with Crippen LogP contribution in [0.15, 0.2) is 23.1 Å². The summed E-state index contributed by atoms with van der Waals surface area (Å²) < 4.78 is 28.5. The Bertz CT molecular complexity index is 607. The second kappa shape index (κ2) is 5.71. The number of aryl methyl sites for hydroxylation is 1. The first-order chi connectivity index (χ1) is 10.0. The minimum Gasteiger partial charge on any atom is -0.316 e. The highest BCUT2D eigenvalue weighted by atomic mass is 32.2. The van der Waals surface area contributed by atoms with Crippen molar-refractivity contribution in [2.75, 3.05) is 7.05 Å². The van der Waals surface area contributed by atoms with Crippen molar-refractivity contribution in [1.29, 1.82) is 0 Å². The van der Waals surface area contributed by atoms with E-state index in [4.69, 9.17) is 0 Å². The van der Waals surface area contributed by atoms with Crippen LogP contribution in [-0.4, -0.2) is 21.5 Å². The number of sulfonamides is 1. The molecule has 0 amide bonds. The Kier molecular flexibility index (Phi) is 4.08. The normalized spacial score (nSPS) is 19.2. The van der Waals surface area contributed by atoms with Gasteiger partial charge in [0.15, 0.2) is 0 Å². The molecule has 4 nitrogen and oxygen atoms in total. The minimum absolute atomic E-state index is 0.155. The van der Waals surface area contributed by atoms with E-state index in [-0.39, 0.29) is 6.04 Å². The van der Waals surface area contributed by atoms with Gasteiger partial charge in [-0.25, -0.2) is 13.1 Å². The number of benzene rings is 1. The molecule has 0 saturated heterocycles. The average Bonchev–Trinajstić information content (AvgIpc) is 3.30. The molecule has 0 aromatic heterocycles. The Morgan fingerprint density at radius 2 is 1.81 bits per heavy atom. The fraction of sp³-hybridized carbons (Fsp3) is 0.625. The number of hydrogen-bond donors (Lipinski definition) is 2. The van der Waals surface area contributed by atoms with Gasteiger partial charge in [-0.1, -0.05) is 12.1 Å². The fourth-order valence-electron chi connectivity index (χ4n) is 2.98. The molecule has 2 aliphatic carbocycles. The van der Waals surface area contributed by atoms with Crippen LogP contribution in [0.5, 0.6) is 0 Å². The Morgan fingerprint density at radius 1 is 1.19 bits per heavy atom. The Balaban J connectivity index is 1.84. The summed E-state index contributed by atoms with van der Waals surface area (Å²) in [5.41, 5.74) is 1.81. The molecule has 0 heterocycles. The molecule has 0 atom stereocenters. The molecule has 2 aliphatic rings. The van der Waals surface area contributed by atoms with Gasteiger partial charge in [-0.3, -0.25) is 0 Å². The molecule has 116 valence electrons. The fourth-order valence-corrected chi connectivity index (χ4v) is 4.65. The van der Waals surface area contributed by atoms with Crippen molar-refractivity contribution in [2.45, 2.75) is 50.1 Å².